The summed E-state index contributed by atoms with van der Waals surface area (Å²) in [6.07, 6.45) is 3.58. The Balaban J connectivity index is 1.97. The largest absolute Gasteiger partial charge is 0.303 e. The third-order valence-electron chi connectivity index (χ3n) is 3.30. The molecule has 0 spiro atoms. The zero-order valence-corrected chi connectivity index (χ0v) is 12.3. The van der Waals surface area contributed by atoms with Gasteiger partial charge >= 0.3 is 0 Å². The molecule has 94 valence electrons. The fraction of sp³-hybridized carbons (Fsp3) is 0.667. The van der Waals surface area contributed by atoms with Crippen LogP contribution >= 0.6 is 27.5 Å². The van der Waals surface area contributed by atoms with Gasteiger partial charge in [0.2, 0.25) is 0 Å². The number of hydrogen-bond donors (Lipinski definition) is 0. The Bertz CT molecular complexity index is 386. The van der Waals surface area contributed by atoms with Crippen LogP contribution in [0.25, 0.3) is 0 Å². The van der Waals surface area contributed by atoms with Gasteiger partial charge in [0.1, 0.15) is 0 Å². The van der Waals surface area contributed by atoms with Crippen molar-refractivity contribution in [3.8, 4) is 0 Å². The van der Waals surface area contributed by atoms with Crippen LogP contribution in [0, 0.1) is 5.92 Å². The minimum Gasteiger partial charge on any atom is -0.303 e. The van der Waals surface area contributed by atoms with Crippen molar-refractivity contribution < 1.29 is 0 Å². The molecule has 2 heterocycles. The molecule has 0 amide bonds. The predicted molar refractivity (Wildman–Crippen MR) is 73.3 cm³/mol. The molecular formula is C12H17BrClN3. The van der Waals surface area contributed by atoms with Gasteiger partial charge in [0.25, 0.3) is 0 Å². The molecule has 0 aliphatic carbocycles. The molecule has 1 aromatic rings. The van der Waals surface area contributed by atoms with Crippen LogP contribution in [0.15, 0.2) is 10.5 Å². The standard InChI is InChI=1S/C12H17BrClN3/c1-2-17-5-3-4-9(8-17)6-10-7-11(13)12(14)16-15-10/h7,9H,2-6,8H2,1H3. The lowest BCUT2D eigenvalue weighted by Crippen LogP contribution is -2.36. The van der Waals surface area contributed by atoms with Crippen molar-refractivity contribution in [3.63, 3.8) is 0 Å². The van der Waals surface area contributed by atoms with Crippen LogP contribution in [0.3, 0.4) is 0 Å². The van der Waals surface area contributed by atoms with Crippen molar-refractivity contribution in [2.45, 2.75) is 26.2 Å². The topological polar surface area (TPSA) is 29.0 Å². The maximum Gasteiger partial charge on any atom is 0.165 e. The number of nitrogens with zero attached hydrogens (tertiary/aromatic N) is 3. The summed E-state index contributed by atoms with van der Waals surface area (Å²) in [6, 6.07) is 1.99. The van der Waals surface area contributed by atoms with Gasteiger partial charge in [-0.05, 0) is 60.3 Å². The Morgan fingerprint density at radius 1 is 1.53 bits per heavy atom. The quantitative estimate of drug-likeness (QED) is 0.857. The molecular weight excluding hydrogens is 302 g/mol. The van der Waals surface area contributed by atoms with Crippen LogP contribution in [-0.2, 0) is 6.42 Å². The Labute approximate surface area is 116 Å². The van der Waals surface area contributed by atoms with Gasteiger partial charge < -0.3 is 4.90 Å². The number of aromatic nitrogens is 2. The molecule has 17 heavy (non-hydrogen) atoms. The van der Waals surface area contributed by atoms with Crippen LogP contribution in [-0.4, -0.2) is 34.7 Å². The molecule has 1 aliphatic rings. The molecule has 1 unspecified atom stereocenters. The van der Waals surface area contributed by atoms with E-state index in [-0.39, 0.29) is 0 Å². The first-order valence-corrected chi connectivity index (χ1v) is 7.26. The molecule has 1 fully saturated rings. The van der Waals surface area contributed by atoms with E-state index in [1.165, 1.54) is 25.9 Å². The zero-order chi connectivity index (χ0) is 12.3. The number of hydrogen-bond acceptors (Lipinski definition) is 3. The van der Waals surface area contributed by atoms with E-state index in [1.54, 1.807) is 0 Å². The average molecular weight is 319 g/mol. The third kappa shape index (κ3) is 3.63. The van der Waals surface area contributed by atoms with Crippen molar-refractivity contribution >= 4 is 27.5 Å². The second-order valence-electron chi connectivity index (χ2n) is 4.58. The van der Waals surface area contributed by atoms with Crippen LogP contribution in [0.2, 0.25) is 5.15 Å². The minimum absolute atomic E-state index is 0.438. The number of likely N-dealkylation sites (tertiary alicyclic amines) is 1. The van der Waals surface area contributed by atoms with E-state index in [1.807, 2.05) is 6.07 Å². The highest BCUT2D eigenvalue weighted by Gasteiger charge is 2.19. The van der Waals surface area contributed by atoms with Crippen LogP contribution in [0.5, 0.6) is 0 Å². The second-order valence-corrected chi connectivity index (χ2v) is 5.79. The SMILES string of the molecule is CCN1CCCC(Cc2cc(Br)c(Cl)nn2)C1. The molecule has 0 aromatic carbocycles. The van der Waals surface area contributed by atoms with Gasteiger partial charge in [-0.1, -0.05) is 18.5 Å². The maximum absolute atomic E-state index is 5.84. The number of halogens is 2. The second kappa shape index (κ2) is 6.12. The molecule has 2 rings (SSSR count). The van der Waals surface area contributed by atoms with Gasteiger partial charge in [-0.2, -0.15) is 5.10 Å². The Morgan fingerprint density at radius 3 is 3.06 bits per heavy atom. The fourth-order valence-corrected chi connectivity index (χ4v) is 2.83. The van der Waals surface area contributed by atoms with Crippen molar-refractivity contribution in [3.05, 3.63) is 21.4 Å². The van der Waals surface area contributed by atoms with Crippen molar-refractivity contribution in [1.82, 2.24) is 15.1 Å². The molecule has 0 N–H and O–H groups in total. The summed E-state index contributed by atoms with van der Waals surface area (Å²) in [5, 5.41) is 8.53. The van der Waals surface area contributed by atoms with Gasteiger partial charge in [-0.15, -0.1) is 5.10 Å². The van der Waals surface area contributed by atoms with E-state index in [0.717, 1.165) is 23.1 Å². The minimum atomic E-state index is 0.438. The summed E-state index contributed by atoms with van der Waals surface area (Å²) in [5.41, 5.74) is 1.03. The summed E-state index contributed by atoms with van der Waals surface area (Å²) in [5.74, 6) is 0.700. The highest BCUT2D eigenvalue weighted by atomic mass is 79.9. The lowest BCUT2D eigenvalue weighted by molar-refractivity contribution is 0.181. The molecule has 3 nitrogen and oxygen atoms in total. The Kier molecular flexibility index (Phi) is 4.77. The summed E-state index contributed by atoms with van der Waals surface area (Å²) in [6.45, 7) is 5.79. The van der Waals surface area contributed by atoms with E-state index < -0.39 is 0 Å². The van der Waals surface area contributed by atoms with E-state index in [2.05, 4.69) is 38.0 Å². The molecule has 1 aromatic heterocycles. The van der Waals surface area contributed by atoms with Crippen molar-refractivity contribution in [1.29, 1.82) is 0 Å². The van der Waals surface area contributed by atoms with Crippen LogP contribution < -0.4 is 0 Å². The molecule has 1 atom stereocenters. The molecule has 0 radical (unpaired) electrons. The normalized spacial score (nSPS) is 21.7. The summed E-state index contributed by atoms with van der Waals surface area (Å²) >= 11 is 9.23. The fourth-order valence-electron chi connectivity index (χ4n) is 2.39. The first-order chi connectivity index (χ1) is 8.19. The van der Waals surface area contributed by atoms with Crippen molar-refractivity contribution in [2.75, 3.05) is 19.6 Å². The third-order valence-corrected chi connectivity index (χ3v) is 4.42. The van der Waals surface area contributed by atoms with Gasteiger partial charge in [0.05, 0.1) is 10.2 Å². The monoisotopic (exact) mass is 317 g/mol. The van der Waals surface area contributed by atoms with Crippen LogP contribution in [0.4, 0.5) is 0 Å². The summed E-state index contributed by atoms with van der Waals surface area (Å²) < 4.78 is 0.840. The van der Waals surface area contributed by atoms with Gasteiger partial charge in [-0.3, -0.25) is 0 Å². The molecule has 1 saturated heterocycles. The van der Waals surface area contributed by atoms with E-state index in [9.17, 15) is 0 Å². The highest BCUT2D eigenvalue weighted by Crippen LogP contribution is 2.23. The highest BCUT2D eigenvalue weighted by molar-refractivity contribution is 9.10. The Hall–Kier alpha value is -0.190. The lowest BCUT2D eigenvalue weighted by atomic mass is 9.93. The van der Waals surface area contributed by atoms with Crippen molar-refractivity contribution in [2.24, 2.45) is 5.92 Å². The number of piperidine rings is 1. The van der Waals surface area contributed by atoms with Gasteiger partial charge in [0.15, 0.2) is 5.15 Å². The first-order valence-electron chi connectivity index (χ1n) is 6.09. The van der Waals surface area contributed by atoms with Gasteiger partial charge in [0, 0.05) is 6.54 Å². The number of rotatable bonds is 3. The molecule has 1 aliphatic heterocycles. The molecule has 0 saturated carbocycles. The van der Waals surface area contributed by atoms with E-state index >= 15 is 0 Å². The van der Waals surface area contributed by atoms with E-state index in [0.29, 0.717) is 11.1 Å². The van der Waals surface area contributed by atoms with Crippen LogP contribution in [0.1, 0.15) is 25.5 Å². The summed E-state index contributed by atoms with van der Waals surface area (Å²) in [7, 11) is 0. The molecule has 5 heteroatoms. The predicted octanol–water partition coefficient (Wildman–Crippen LogP) is 3.17. The Morgan fingerprint density at radius 2 is 2.35 bits per heavy atom. The summed E-state index contributed by atoms with van der Waals surface area (Å²) in [4.78, 5) is 2.51. The lowest BCUT2D eigenvalue weighted by Gasteiger charge is -2.31. The first kappa shape index (κ1) is 13.2. The smallest absolute Gasteiger partial charge is 0.165 e. The average Bonchev–Trinajstić information content (AvgIpc) is 2.34. The van der Waals surface area contributed by atoms with Gasteiger partial charge in [-0.25, -0.2) is 0 Å². The maximum atomic E-state index is 5.84. The zero-order valence-electron chi connectivity index (χ0n) is 9.99. The van der Waals surface area contributed by atoms with E-state index in [4.69, 9.17) is 11.6 Å². The molecule has 0 bridgehead atoms.